The van der Waals surface area contributed by atoms with Crippen LogP contribution in [0.1, 0.15) is 28.0 Å². The monoisotopic (exact) mass is 380 g/mol. The van der Waals surface area contributed by atoms with Gasteiger partial charge in [0.05, 0.1) is 5.69 Å². The summed E-state index contributed by atoms with van der Waals surface area (Å²) >= 11 is 3.30. The van der Waals surface area contributed by atoms with Crippen LogP contribution in [0.25, 0.3) is 15.9 Å². The molecule has 0 aliphatic heterocycles. The van der Waals surface area contributed by atoms with Gasteiger partial charge in [0, 0.05) is 10.3 Å². The third-order valence-electron chi connectivity index (χ3n) is 4.55. The highest BCUT2D eigenvalue weighted by Gasteiger charge is 2.23. The first-order valence-corrected chi connectivity index (χ1v) is 10.1. The first-order valence-electron chi connectivity index (χ1n) is 8.49. The molecule has 1 aromatic carbocycles. The van der Waals surface area contributed by atoms with E-state index in [-0.39, 0.29) is 0 Å². The highest BCUT2D eigenvalue weighted by Crippen LogP contribution is 2.41. The quantitative estimate of drug-likeness (QED) is 0.502. The van der Waals surface area contributed by atoms with Gasteiger partial charge in [0.15, 0.2) is 0 Å². The van der Waals surface area contributed by atoms with E-state index in [1.165, 1.54) is 45.1 Å². The van der Waals surface area contributed by atoms with Crippen molar-refractivity contribution in [2.24, 2.45) is 0 Å². The van der Waals surface area contributed by atoms with Crippen LogP contribution in [0.15, 0.2) is 34.7 Å². The predicted octanol–water partition coefficient (Wildman–Crippen LogP) is 3.92. The lowest BCUT2D eigenvalue weighted by molar-refractivity contribution is 0.754. The van der Waals surface area contributed by atoms with Gasteiger partial charge in [-0.3, -0.25) is 0 Å². The van der Waals surface area contributed by atoms with Crippen molar-refractivity contribution in [3.05, 3.63) is 46.1 Å². The lowest BCUT2D eigenvalue weighted by Crippen LogP contribution is -2.00. The van der Waals surface area contributed by atoms with Crippen LogP contribution in [-0.2, 0) is 12.8 Å². The van der Waals surface area contributed by atoms with E-state index in [4.69, 9.17) is 0 Å². The molecule has 0 N–H and O–H groups in total. The Morgan fingerprint density at radius 2 is 1.92 bits per heavy atom. The summed E-state index contributed by atoms with van der Waals surface area (Å²) < 4.78 is 1.78. The van der Waals surface area contributed by atoms with Gasteiger partial charge in [-0.15, -0.1) is 16.4 Å². The fourth-order valence-corrected chi connectivity index (χ4v) is 5.73. The van der Waals surface area contributed by atoms with Crippen molar-refractivity contribution in [2.45, 2.75) is 43.3 Å². The van der Waals surface area contributed by atoms with E-state index in [1.54, 1.807) is 22.3 Å². The molecule has 5 rings (SSSR count). The van der Waals surface area contributed by atoms with Crippen molar-refractivity contribution in [2.75, 3.05) is 0 Å². The van der Waals surface area contributed by atoms with Crippen molar-refractivity contribution in [3.8, 4) is 5.69 Å². The molecule has 4 aromatic rings. The molecule has 0 saturated heterocycles. The second-order valence-corrected chi connectivity index (χ2v) is 8.58. The molecule has 3 aromatic heterocycles. The highest BCUT2D eigenvalue weighted by atomic mass is 32.2. The Morgan fingerprint density at radius 1 is 1.08 bits per heavy atom. The summed E-state index contributed by atoms with van der Waals surface area (Å²) in [5.41, 5.74) is 4.76. The number of hydrogen-bond acceptors (Lipinski definition) is 7. The average Bonchev–Trinajstić information content (AvgIpc) is 3.29. The molecule has 0 spiro atoms. The Balaban J connectivity index is 1.60. The predicted molar refractivity (Wildman–Crippen MR) is 102 cm³/mol. The van der Waals surface area contributed by atoms with E-state index in [2.05, 4.69) is 57.5 Å². The number of aryl methyl sites for hydroxylation is 4. The van der Waals surface area contributed by atoms with Crippen LogP contribution < -0.4 is 0 Å². The molecule has 0 fully saturated rings. The van der Waals surface area contributed by atoms with E-state index in [9.17, 15) is 0 Å². The van der Waals surface area contributed by atoms with Gasteiger partial charge in [-0.05, 0) is 84.1 Å². The van der Waals surface area contributed by atoms with Gasteiger partial charge in [0.1, 0.15) is 16.2 Å². The molecular weight excluding hydrogens is 364 g/mol. The smallest absolute Gasteiger partial charge is 0.220 e. The number of nitrogens with zero attached hydrogens (tertiary/aromatic N) is 6. The molecule has 0 amide bonds. The van der Waals surface area contributed by atoms with E-state index in [1.807, 2.05) is 0 Å². The third kappa shape index (κ3) is 2.60. The van der Waals surface area contributed by atoms with Gasteiger partial charge < -0.3 is 0 Å². The van der Waals surface area contributed by atoms with E-state index in [0.29, 0.717) is 5.16 Å². The van der Waals surface area contributed by atoms with Crippen LogP contribution >= 0.6 is 23.1 Å². The van der Waals surface area contributed by atoms with Crippen molar-refractivity contribution >= 4 is 33.3 Å². The maximum Gasteiger partial charge on any atom is 0.220 e. The summed E-state index contributed by atoms with van der Waals surface area (Å²) in [6, 6.07) is 6.32. The Kier molecular flexibility index (Phi) is 3.75. The Morgan fingerprint density at radius 3 is 2.77 bits per heavy atom. The van der Waals surface area contributed by atoms with Crippen molar-refractivity contribution in [1.29, 1.82) is 0 Å². The minimum Gasteiger partial charge on any atom is -0.229 e. The van der Waals surface area contributed by atoms with Crippen LogP contribution in [0.4, 0.5) is 0 Å². The fourth-order valence-electron chi connectivity index (χ4n) is 3.54. The molecule has 0 unspecified atom stereocenters. The molecule has 0 atom stereocenters. The zero-order valence-corrected chi connectivity index (χ0v) is 16.1. The minimum absolute atomic E-state index is 0.716. The summed E-state index contributed by atoms with van der Waals surface area (Å²) in [4.78, 5) is 11.5. The summed E-state index contributed by atoms with van der Waals surface area (Å²) in [6.07, 6.45) is 5.12. The molecule has 3 heterocycles. The fraction of sp³-hybridized carbons (Fsp3) is 0.278. The molecule has 1 aliphatic carbocycles. The highest BCUT2D eigenvalue weighted by molar-refractivity contribution is 7.99. The van der Waals surface area contributed by atoms with Crippen LogP contribution in [0.3, 0.4) is 0 Å². The maximum atomic E-state index is 4.55. The van der Waals surface area contributed by atoms with Crippen LogP contribution in [0, 0.1) is 13.8 Å². The number of benzene rings is 1. The number of tetrazole rings is 1. The largest absolute Gasteiger partial charge is 0.229 e. The maximum absolute atomic E-state index is 4.55. The topological polar surface area (TPSA) is 69.4 Å². The number of rotatable bonds is 3. The molecule has 1 aliphatic rings. The van der Waals surface area contributed by atoms with E-state index >= 15 is 0 Å². The first-order chi connectivity index (χ1) is 12.7. The van der Waals surface area contributed by atoms with Gasteiger partial charge in [0.25, 0.3) is 0 Å². The van der Waals surface area contributed by atoms with Crippen molar-refractivity contribution < 1.29 is 0 Å². The Bertz CT molecular complexity index is 1110. The average molecular weight is 381 g/mol. The lowest BCUT2D eigenvalue weighted by atomic mass is 10.1. The summed E-state index contributed by atoms with van der Waals surface area (Å²) in [6.45, 7) is 4.16. The number of fused-ring (bicyclic) bond motifs is 3. The van der Waals surface area contributed by atoms with Crippen LogP contribution in [0.2, 0.25) is 0 Å². The Hall–Kier alpha value is -2.32. The SMILES string of the molecule is Cc1cc(C)cc(-n2nnnc2Sc2ncnc3sc4c(c23)CCC4)c1. The van der Waals surface area contributed by atoms with Gasteiger partial charge in [-0.2, -0.15) is 4.68 Å². The van der Waals surface area contributed by atoms with Gasteiger partial charge in [-0.1, -0.05) is 6.07 Å². The first kappa shape index (κ1) is 15.9. The van der Waals surface area contributed by atoms with Crippen molar-refractivity contribution in [3.63, 3.8) is 0 Å². The van der Waals surface area contributed by atoms with E-state index < -0.39 is 0 Å². The van der Waals surface area contributed by atoms with Crippen molar-refractivity contribution in [1.82, 2.24) is 30.2 Å². The molecular formula is C18H16N6S2. The molecule has 130 valence electrons. The number of thiophene rings is 1. The molecule has 0 saturated carbocycles. The zero-order valence-electron chi connectivity index (χ0n) is 14.4. The molecule has 26 heavy (non-hydrogen) atoms. The van der Waals surface area contributed by atoms with E-state index in [0.717, 1.165) is 28.4 Å². The lowest BCUT2D eigenvalue weighted by Gasteiger charge is -2.07. The number of hydrogen-bond donors (Lipinski definition) is 0. The molecule has 0 radical (unpaired) electrons. The number of aromatic nitrogens is 6. The summed E-state index contributed by atoms with van der Waals surface area (Å²) in [7, 11) is 0. The normalized spacial score (nSPS) is 13.5. The van der Waals surface area contributed by atoms with Crippen LogP contribution in [0.5, 0.6) is 0 Å². The van der Waals surface area contributed by atoms with Gasteiger partial charge >= 0.3 is 0 Å². The van der Waals surface area contributed by atoms with Gasteiger partial charge in [0.2, 0.25) is 5.16 Å². The minimum atomic E-state index is 0.716. The second-order valence-electron chi connectivity index (χ2n) is 6.54. The third-order valence-corrected chi connectivity index (χ3v) is 6.69. The molecule has 0 bridgehead atoms. The zero-order chi connectivity index (χ0) is 17.7. The van der Waals surface area contributed by atoms with Crippen LogP contribution in [-0.4, -0.2) is 30.2 Å². The van der Waals surface area contributed by atoms with Gasteiger partial charge in [-0.25, -0.2) is 9.97 Å². The molecule has 8 heteroatoms. The second kappa shape index (κ2) is 6.14. The molecule has 6 nitrogen and oxygen atoms in total. The Labute approximate surface area is 158 Å². The summed E-state index contributed by atoms with van der Waals surface area (Å²) in [5, 5.41) is 15.2. The summed E-state index contributed by atoms with van der Waals surface area (Å²) in [5.74, 6) is 0. The standard InChI is InChI=1S/C18H16N6S2/c1-10-6-11(2)8-12(7-10)24-18(21-22-23-24)26-17-15-13-4-3-5-14(13)25-16(15)19-9-20-17/h6-9H,3-5H2,1-2H3.